The lowest BCUT2D eigenvalue weighted by atomic mass is 10.1. The Hall–Kier alpha value is -0.980. The quantitative estimate of drug-likeness (QED) is 0.419. The minimum Gasteiger partial charge on any atom is -0.507 e. The van der Waals surface area contributed by atoms with Gasteiger partial charge >= 0.3 is 0 Å². The minimum absolute atomic E-state index is 0. The Morgan fingerprint density at radius 3 is 2.32 bits per heavy atom. The highest BCUT2D eigenvalue weighted by Gasteiger charge is 2.06. The fraction of sp³-hybridized carbons (Fsp3) is 0.588. The van der Waals surface area contributed by atoms with Crippen LogP contribution in [0.2, 0.25) is 0 Å². The van der Waals surface area contributed by atoms with Crippen molar-refractivity contribution in [2.45, 2.75) is 47.1 Å². The van der Waals surface area contributed by atoms with Gasteiger partial charge in [-0.15, -0.1) is 24.0 Å². The lowest BCUT2D eigenvalue weighted by molar-refractivity contribution is 0.464. The van der Waals surface area contributed by atoms with Gasteiger partial charge in [-0.3, -0.25) is 0 Å². The summed E-state index contributed by atoms with van der Waals surface area (Å²) >= 11 is 0. The third-order valence-corrected chi connectivity index (χ3v) is 3.51. The molecule has 0 unspecified atom stereocenters. The van der Waals surface area contributed by atoms with E-state index in [4.69, 9.17) is 4.99 Å². The number of benzene rings is 1. The topological polar surface area (TPSA) is 47.9 Å². The predicted octanol–water partition coefficient (Wildman–Crippen LogP) is 3.82. The molecule has 0 saturated heterocycles. The number of nitrogens with one attached hydrogen (secondary N) is 1. The van der Waals surface area contributed by atoms with Crippen LogP contribution >= 0.6 is 24.0 Å². The standard InChI is InChI=1S/C17H29N3O.HI/c1-6-8-9-20(5)17(18-7-2)19-12-15-10-13(3)16(21)14(4)11-15;/h10-11,21H,6-9,12H2,1-5H3,(H,18,19);1H. The van der Waals surface area contributed by atoms with Crippen molar-refractivity contribution in [3.63, 3.8) is 0 Å². The molecule has 0 aliphatic rings. The molecular weight excluding hydrogens is 389 g/mol. The summed E-state index contributed by atoms with van der Waals surface area (Å²) in [6.45, 7) is 10.6. The van der Waals surface area contributed by atoms with Crippen LogP contribution in [0.25, 0.3) is 0 Å². The molecule has 0 radical (unpaired) electrons. The normalized spacial score (nSPS) is 11.0. The molecule has 0 fully saturated rings. The minimum atomic E-state index is 0. The van der Waals surface area contributed by atoms with Crippen LogP contribution in [0, 0.1) is 13.8 Å². The van der Waals surface area contributed by atoms with Crippen LogP contribution in [0.15, 0.2) is 17.1 Å². The highest BCUT2D eigenvalue weighted by Crippen LogP contribution is 2.23. The van der Waals surface area contributed by atoms with Gasteiger partial charge in [-0.1, -0.05) is 25.5 Å². The van der Waals surface area contributed by atoms with Gasteiger partial charge < -0.3 is 15.3 Å². The van der Waals surface area contributed by atoms with Crippen molar-refractivity contribution in [2.24, 2.45) is 4.99 Å². The summed E-state index contributed by atoms with van der Waals surface area (Å²) in [5.74, 6) is 1.32. The Labute approximate surface area is 152 Å². The van der Waals surface area contributed by atoms with E-state index in [2.05, 4.69) is 31.1 Å². The van der Waals surface area contributed by atoms with Crippen LogP contribution in [-0.2, 0) is 6.54 Å². The number of rotatable bonds is 6. The van der Waals surface area contributed by atoms with E-state index in [0.29, 0.717) is 12.3 Å². The van der Waals surface area contributed by atoms with E-state index in [9.17, 15) is 5.11 Å². The summed E-state index contributed by atoms with van der Waals surface area (Å²) < 4.78 is 0. The van der Waals surface area contributed by atoms with Crippen molar-refractivity contribution in [3.8, 4) is 5.75 Å². The second-order valence-corrected chi connectivity index (χ2v) is 5.52. The molecule has 1 rings (SSSR count). The fourth-order valence-corrected chi connectivity index (χ4v) is 2.27. The van der Waals surface area contributed by atoms with Crippen molar-refractivity contribution >= 4 is 29.9 Å². The van der Waals surface area contributed by atoms with Gasteiger partial charge in [0.15, 0.2) is 5.96 Å². The molecule has 4 nitrogen and oxygen atoms in total. The first kappa shape index (κ1) is 21.0. The van der Waals surface area contributed by atoms with Crippen LogP contribution < -0.4 is 5.32 Å². The van der Waals surface area contributed by atoms with Crippen LogP contribution in [0.1, 0.15) is 43.4 Å². The van der Waals surface area contributed by atoms with Crippen molar-refractivity contribution in [1.82, 2.24) is 10.2 Å². The Bertz CT molecular complexity index is 466. The van der Waals surface area contributed by atoms with Gasteiger partial charge in [-0.2, -0.15) is 0 Å². The molecule has 0 atom stereocenters. The molecule has 126 valence electrons. The molecule has 2 N–H and O–H groups in total. The molecule has 0 aliphatic carbocycles. The van der Waals surface area contributed by atoms with Crippen LogP contribution in [0.5, 0.6) is 5.75 Å². The van der Waals surface area contributed by atoms with Gasteiger partial charge in [0.05, 0.1) is 6.54 Å². The largest absolute Gasteiger partial charge is 0.507 e. The Kier molecular flexibility index (Phi) is 10.2. The van der Waals surface area contributed by atoms with E-state index >= 15 is 0 Å². The molecule has 0 aliphatic heterocycles. The first-order chi connectivity index (χ1) is 9.99. The summed E-state index contributed by atoms with van der Waals surface area (Å²) in [6, 6.07) is 4.00. The third kappa shape index (κ3) is 6.42. The number of phenolic OH excluding ortho intramolecular Hbond substituents is 1. The molecule has 0 heterocycles. The zero-order valence-corrected chi connectivity index (χ0v) is 16.8. The molecular formula is C17H30IN3O. The number of aromatic hydroxyl groups is 1. The monoisotopic (exact) mass is 419 g/mol. The van der Waals surface area contributed by atoms with E-state index in [1.165, 1.54) is 12.8 Å². The van der Waals surface area contributed by atoms with Gasteiger partial charge in [-0.25, -0.2) is 4.99 Å². The maximum Gasteiger partial charge on any atom is 0.193 e. The molecule has 0 aromatic heterocycles. The van der Waals surface area contributed by atoms with E-state index < -0.39 is 0 Å². The smallest absolute Gasteiger partial charge is 0.193 e. The number of guanidine groups is 1. The predicted molar refractivity (Wildman–Crippen MR) is 105 cm³/mol. The van der Waals surface area contributed by atoms with Gasteiger partial charge in [0.1, 0.15) is 5.75 Å². The maximum atomic E-state index is 9.82. The van der Waals surface area contributed by atoms with Crippen LogP contribution in [0.4, 0.5) is 0 Å². The molecule has 1 aromatic rings. The van der Waals surface area contributed by atoms with E-state index in [1.807, 2.05) is 26.0 Å². The Morgan fingerprint density at radius 2 is 1.82 bits per heavy atom. The number of hydrogen-bond donors (Lipinski definition) is 2. The second-order valence-electron chi connectivity index (χ2n) is 5.52. The van der Waals surface area contributed by atoms with Gasteiger partial charge in [0, 0.05) is 20.1 Å². The van der Waals surface area contributed by atoms with Crippen molar-refractivity contribution in [2.75, 3.05) is 20.1 Å². The zero-order chi connectivity index (χ0) is 15.8. The number of unbranched alkanes of at least 4 members (excludes halogenated alkanes) is 1. The highest BCUT2D eigenvalue weighted by atomic mass is 127. The number of phenols is 1. The molecule has 22 heavy (non-hydrogen) atoms. The van der Waals surface area contributed by atoms with Crippen molar-refractivity contribution in [3.05, 3.63) is 28.8 Å². The molecule has 5 heteroatoms. The molecule has 0 spiro atoms. The average molecular weight is 419 g/mol. The van der Waals surface area contributed by atoms with Gasteiger partial charge in [0.2, 0.25) is 0 Å². The highest BCUT2D eigenvalue weighted by molar-refractivity contribution is 14.0. The number of hydrogen-bond acceptors (Lipinski definition) is 2. The number of aryl methyl sites for hydroxylation is 2. The summed E-state index contributed by atoms with van der Waals surface area (Å²) in [6.07, 6.45) is 2.35. The average Bonchev–Trinajstić information content (AvgIpc) is 2.46. The fourth-order valence-electron chi connectivity index (χ4n) is 2.27. The molecule has 1 aromatic carbocycles. The summed E-state index contributed by atoms with van der Waals surface area (Å²) in [7, 11) is 2.07. The molecule has 0 amide bonds. The number of nitrogens with zero attached hydrogens (tertiary/aromatic N) is 2. The summed E-state index contributed by atoms with van der Waals surface area (Å²) in [5.41, 5.74) is 2.94. The SMILES string of the molecule is CCCCN(C)C(=NCc1cc(C)c(O)c(C)c1)NCC.I. The van der Waals surface area contributed by atoms with E-state index in [1.54, 1.807) is 0 Å². The number of halogens is 1. The molecule has 0 saturated carbocycles. The van der Waals surface area contributed by atoms with E-state index in [0.717, 1.165) is 35.7 Å². The first-order valence-corrected chi connectivity index (χ1v) is 7.78. The summed E-state index contributed by atoms with van der Waals surface area (Å²) in [4.78, 5) is 6.87. The van der Waals surface area contributed by atoms with Crippen LogP contribution in [-0.4, -0.2) is 36.1 Å². The van der Waals surface area contributed by atoms with Gasteiger partial charge in [0.25, 0.3) is 0 Å². The summed E-state index contributed by atoms with van der Waals surface area (Å²) in [5, 5.41) is 13.2. The maximum absolute atomic E-state index is 9.82. The lowest BCUT2D eigenvalue weighted by Gasteiger charge is -2.21. The zero-order valence-electron chi connectivity index (χ0n) is 14.4. The van der Waals surface area contributed by atoms with Gasteiger partial charge in [-0.05, 0) is 43.9 Å². The van der Waals surface area contributed by atoms with Crippen molar-refractivity contribution < 1.29 is 5.11 Å². The van der Waals surface area contributed by atoms with Crippen molar-refractivity contribution in [1.29, 1.82) is 0 Å². The molecule has 0 bridgehead atoms. The lowest BCUT2D eigenvalue weighted by Crippen LogP contribution is -2.39. The van der Waals surface area contributed by atoms with E-state index in [-0.39, 0.29) is 24.0 Å². The number of aliphatic imine (C=N–C) groups is 1. The second kappa shape index (κ2) is 10.7. The Morgan fingerprint density at radius 1 is 1.23 bits per heavy atom. The third-order valence-electron chi connectivity index (χ3n) is 3.51. The Balaban J connectivity index is 0.00000441. The first-order valence-electron chi connectivity index (χ1n) is 7.78. The van der Waals surface area contributed by atoms with Crippen LogP contribution in [0.3, 0.4) is 0 Å².